The third-order valence-corrected chi connectivity index (χ3v) is 3.17. The minimum absolute atomic E-state index is 0.0210. The normalized spacial score (nSPS) is 12.3. The van der Waals surface area contributed by atoms with Gasteiger partial charge in [0.25, 0.3) is 0 Å². The molecule has 0 amide bonds. The van der Waals surface area contributed by atoms with Gasteiger partial charge in [-0.1, -0.05) is 18.2 Å². The number of ether oxygens (including phenoxy) is 2. The standard InChI is InChI=1S/C16H16F2O3/c1-10-8-12(20-2)6-7-14(10)15(19)11-4-3-5-13(9-11)21-16(17)18/h3-9,15-16,19H,1-2H3. The van der Waals surface area contributed by atoms with Crippen LogP contribution in [0.5, 0.6) is 11.5 Å². The molecule has 2 rings (SSSR count). The molecular formula is C16H16F2O3. The van der Waals surface area contributed by atoms with Crippen LogP contribution in [0.1, 0.15) is 22.8 Å². The van der Waals surface area contributed by atoms with E-state index in [0.29, 0.717) is 16.9 Å². The van der Waals surface area contributed by atoms with E-state index in [-0.39, 0.29) is 5.75 Å². The Morgan fingerprint density at radius 3 is 2.43 bits per heavy atom. The number of aliphatic hydroxyl groups is 1. The molecule has 0 aromatic heterocycles. The van der Waals surface area contributed by atoms with Crippen LogP contribution in [0.3, 0.4) is 0 Å². The van der Waals surface area contributed by atoms with Crippen LogP contribution in [-0.2, 0) is 0 Å². The number of aliphatic hydroxyl groups excluding tert-OH is 1. The molecule has 2 aromatic carbocycles. The van der Waals surface area contributed by atoms with Gasteiger partial charge in [-0.25, -0.2) is 0 Å². The largest absolute Gasteiger partial charge is 0.497 e. The van der Waals surface area contributed by atoms with E-state index >= 15 is 0 Å². The second kappa shape index (κ2) is 6.54. The molecule has 0 bridgehead atoms. The molecule has 0 aliphatic rings. The molecule has 1 N–H and O–H groups in total. The molecule has 0 spiro atoms. The van der Waals surface area contributed by atoms with Gasteiger partial charge in [0, 0.05) is 0 Å². The van der Waals surface area contributed by atoms with E-state index in [2.05, 4.69) is 4.74 Å². The smallest absolute Gasteiger partial charge is 0.387 e. The van der Waals surface area contributed by atoms with Crippen molar-refractivity contribution in [3.63, 3.8) is 0 Å². The lowest BCUT2D eigenvalue weighted by atomic mass is 9.97. The highest BCUT2D eigenvalue weighted by Crippen LogP contribution is 2.29. The zero-order valence-corrected chi connectivity index (χ0v) is 11.7. The van der Waals surface area contributed by atoms with E-state index in [1.807, 2.05) is 6.92 Å². The number of hydrogen-bond acceptors (Lipinski definition) is 3. The maximum Gasteiger partial charge on any atom is 0.387 e. The molecule has 21 heavy (non-hydrogen) atoms. The molecule has 0 radical (unpaired) electrons. The highest BCUT2D eigenvalue weighted by atomic mass is 19.3. The minimum atomic E-state index is -2.89. The van der Waals surface area contributed by atoms with Crippen LogP contribution in [0, 0.1) is 6.92 Å². The Labute approximate surface area is 121 Å². The Kier molecular flexibility index (Phi) is 4.75. The van der Waals surface area contributed by atoms with Crippen LogP contribution in [0.25, 0.3) is 0 Å². The second-order valence-corrected chi connectivity index (χ2v) is 4.58. The van der Waals surface area contributed by atoms with Gasteiger partial charge in [0.2, 0.25) is 0 Å². The van der Waals surface area contributed by atoms with Crippen molar-refractivity contribution in [1.29, 1.82) is 0 Å². The average Bonchev–Trinajstić information content (AvgIpc) is 2.46. The molecular weight excluding hydrogens is 278 g/mol. The first kappa shape index (κ1) is 15.3. The van der Waals surface area contributed by atoms with Gasteiger partial charge in [0.05, 0.1) is 7.11 Å². The lowest BCUT2D eigenvalue weighted by Gasteiger charge is -2.16. The highest BCUT2D eigenvalue weighted by molar-refractivity contribution is 5.41. The Bertz CT molecular complexity index is 614. The zero-order valence-electron chi connectivity index (χ0n) is 11.7. The summed E-state index contributed by atoms with van der Waals surface area (Å²) in [5.74, 6) is 0.714. The molecule has 0 aliphatic heterocycles. The van der Waals surface area contributed by atoms with E-state index in [4.69, 9.17) is 4.74 Å². The topological polar surface area (TPSA) is 38.7 Å². The molecule has 0 saturated carbocycles. The fraction of sp³-hybridized carbons (Fsp3) is 0.250. The van der Waals surface area contributed by atoms with Crippen molar-refractivity contribution in [2.45, 2.75) is 19.6 Å². The van der Waals surface area contributed by atoms with Gasteiger partial charge in [-0.05, 0) is 47.9 Å². The monoisotopic (exact) mass is 294 g/mol. The van der Waals surface area contributed by atoms with Crippen LogP contribution >= 0.6 is 0 Å². The van der Waals surface area contributed by atoms with Crippen LogP contribution in [0.2, 0.25) is 0 Å². The summed E-state index contributed by atoms with van der Waals surface area (Å²) in [6, 6.07) is 11.3. The van der Waals surface area contributed by atoms with Gasteiger partial charge in [-0.15, -0.1) is 0 Å². The van der Waals surface area contributed by atoms with Gasteiger partial charge in [0.15, 0.2) is 0 Å². The fourth-order valence-electron chi connectivity index (χ4n) is 2.12. The molecule has 112 valence electrons. The average molecular weight is 294 g/mol. The van der Waals surface area contributed by atoms with Crippen molar-refractivity contribution in [2.75, 3.05) is 7.11 Å². The summed E-state index contributed by atoms with van der Waals surface area (Å²) in [5, 5.41) is 10.4. The Balaban J connectivity index is 2.29. The van der Waals surface area contributed by atoms with Crippen LogP contribution in [0.4, 0.5) is 8.78 Å². The Morgan fingerprint density at radius 1 is 1.05 bits per heavy atom. The van der Waals surface area contributed by atoms with E-state index in [9.17, 15) is 13.9 Å². The number of aryl methyl sites for hydroxylation is 1. The molecule has 1 unspecified atom stereocenters. The van der Waals surface area contributed by atoms with Crippen molar-refractivity contribution < 1.29 is 23.4 Å². The third kappa shape index (κ3) is 3.70. The first-order chi connectivity index (χ1) is 10.0. The predicted octanol–water partition coefficient (Wildman–Crippen LogP) is 3.69. The molecule has 0 saturated heterocycles. The summed E-state index contributed by atoms with van der Waals surface area (Å²) >= 11 is 0. The SMILES string of the molecule is COc1ccc(C(O)c2cccc(OC(F)F)c2)c(C)c1. The van der Waals surface area contributed by atoms with Crippen LogP contribution in [0.15, 0.2) is 42.5 Å². The molecule has 1 atom stereocenters. The van der Waals surface area contributed by atoms with Crippen molar-refractivity contribution in [3.05, 3.63) is 59.2 Å². The minimum Gasteiger partial charge on any atom is -0.497 e. The van der Waals surface area contributed by atoms with Crippen molar-refractivity contribution in [3.8, 4) is 11.5 Å². The number of rotatable bonds is 5. The number of benzene rings is 2. The molecule has 0 heterocycles. The van der Waals surface area contributed by atoms with E-state index in [1.54, 1.807) is 37.4 Å². The van der Waals surface area contributed by atoms with Gasteiger partial charge in [0.1, 0.15) is 17.6 Å². The first-order valence-electron chi connectivity index (χ1n) is 6.38. The van der Waals surface area contributed by atoms with Crippen molar-refractivity contribution >= 4 is 0 Å². The molecule has 5 heteroatoms. The van der Waals surface area contributed by atoms with Crippen LogP contribution in [-0.4, -0.2) is 18.8 Å². The van der Waals surface area contributed by atoms with Crippen molar-refractivity contribution in [2.24, 2.45) is 0 Å². The summed E-state index contributed by atoms with van der Waals surface area (Å²) < 4.78 is 33.9. The fourth-order valence-corrected chi connectivity index (χ4v) is 2.12. The summed E-state index contributed by atoms with van der Waals surface area (Å²) in [5.41, 5.74) is 2.02. The number of halogens is 2. The molecule has 3 nitrogen and oxygen atoms in total. The first-order valence-corrected chi connectivity index (χ1v) is 6.38. The van der Waals surface area contributed by atoms with Crippen LogP contribution < -0.4 is 9.47 Å². The summed E-state index contributed by atoms with van der Waals surface area (Å²) in [6.45, 7) is -1.04. The Morgan fingerprint density at radius 2 is 1.81 bits per heavy atom. The van der Waals surface area contributed by atoms with Gasteiger partial charge in [-0.3, -0.25) is 0 Å². The summed E-state index contributed by atoms with van der Waals surface area (Å²) in [6.07, 6.45) is -0.919. The highest BCUT2D eigenvalue weighted by Gasteiger charge is 2.15. The maximum atomic E-state index is 12.2. The lowest BCUT2D eigenvalue weighted by molar-refractivity contribution is -0.0499. The number of hydrogen-bond donors (Lipinski definition) is 1. The zero-order chi connectivity index (χ0) is 15.4. The van der Waals surface area contributed by atoms with Gasteiger partial charge < -0.3 is 14.6 Å². The quantitative estimate of drug-likeness (QED) is 0.914. The van der Waals surface area contributed by atoms with E-state index in [1.165, 1.54) is 12.1 Å². The maximum absolute atomic E-state index is 12.2. The molecule has 0 aliphatic carbocycles. The third-order valence-electron chi connectivity index (χ3n) is 3.17. The van der Waals surface area contributed by atoms with Gasteiger partial charge in [-0.2, -0.15) is 8.78 Å². The lowest BCUT2D eigenvalue weighted by Crippen LogP contribution is -2.05. The number of alkyl halides is 2. The second-order valence-electron chi connectivity index (χ2n) is 4.58. The summed E-state index contributed by atoms with van der Waals surface area (Å²) in [4.78, 5) is 0. The molecule has 0 fully saturated rings. The Hall–Kier alpha value is -2.14. The summed E-state index contributed by atoms with van der Waals surface area (Å²) in [7, 11) is 1.57. The van der Waals surface area contributed by atoms with Gasteiger partial charge >= 0.3 is 6.61 Å². The number of methoxy groups -OCH3 is 1. The van der Waals surface area contributed by atoms with Crippen molar-refractivity contribution in [1.82, 2.24) is 0 Å². The predicted molar refractivity (Wildman–Crippen MR) is 74.9 cm³/mol. The van der Waals surface area contributed by atoms with E-state index < -0.39 is 12.7 Å². The molecule has 2 aromatic rings. The van der Waals surface area contributed by atoms with E-state index in [0.717, 1.165) is 5.56 Å².